The highest BCUT2D eigenvalue weighted by Crippen LogP contribution is 2.38. The third-order valence-corrected chi connectivity index (χ3v) is 7.89. The van der Waals surface area contributed by atoms with Gasteiger partial charge >= 0.3 is 0 Å². The number of amides is 2. The van der Waals surface area contributed by atoms with Crippen LogP contribution in [0.1, 0.15) is 54.6 Å². The van der Waals surface area contributed by atoms with Gasteiger partial charge in [0.25, 0.3) is 11.8 Å². The zero-order valence-corrected chi connectivity index (χ0v) is 23.1. The molecular weight excluding hydrogens is 490 g/mol. The molecule has 1 saturated heterocycles. The molecule has 0 radical (unpaired) electrons. The predicted molar refractivity (Wildman–Crippen MR) is 153 cm³/mol. The van der Waals surface area contributed by atoms with Gasteiger partial charge in [0.15, 0.2) is 12.4 Å². The zero-order valence-electron chi connectivity index (χ0n) is 23.1. The van der Waals surface area contributed by atoms with Crippen molar-refractivity contribution in [3.05, 3.63) is 89.4 Å². The van der Waals surface area contributed by atoms with E-state index >= 15 is 0 Å². The number of carbonyl (C=O) groups excluding carboxylic acids is 2. The van der Waals surface area contributed by atoms with Crippen LogP contribution in [0.3, 0.4) is 0 Å². The fourth-order valence-electron chi connectivity index (χ4n) is 4.93. The Morgan fingerprint density at radius 3 is 2.51 bits per heavy atom. The highest BCUT2D eigenvalue weighted by molar-refractivity contribution is 5.98. The lowest BCUT2D eigenvalue weighted by Gasteiger charge is -2.33. The van der Waals surface area contributed by atoms with Crippen molar-refractivity contribution < 1.29 is 18.7 Å². The average Bonchev–Trinajstić information content (AvgIpc) is 3.43. The van der Waals surface area contributed by atoms with E-state index < -0.39 is 0 Å². The van der Waals surface area contributed by atoms with Gasteiger partial charge in [-0.2, -0.15) is 0 Å². The predicted octanol–water partition coefficient (Wildman–Crippen LogP) is 5.36. The molecule has 2 aliphatic rings. The van der Waals surface area contributed by atoms with Crippen molar-refractivity contribution >= 4 is 23.6 Å². The Morgan fingerprint density at radius 2 is 1.77 bits per heavy atom. The van der Waals surface area contributed by atoms with Gasteiger partial charge in [0.2, 0.25) is 0 Å². The van der Waals surface area contributed by atoms with Crippen LogP contribution in [-0.2, 0) is 16.8 Å². The van der Waals surface area contributed by atoms with E-state index in [4.69, 9.17) is 9.15 Å². The molecular formula is C32H37N3O4. The highest BCUT2D eigenvalue weighted by atomic mass is 16.5. The van der Waals surface area contributed by atoms with Crippen LogP contribution < -0.4 is 9.64 Å². The summed E-state index contributed by atoms with van der Waals surface area (Å²) in [6, 6.07) is 19.8. The molecule has 0 N–H and O–H groups in total. The van der Waals surface area contributed by atoms with Crippen LogP contribution in [0.25, 0.3) is 6.08 Å². The molecule has 204 valence electrons. The molecule has 1 aromatic heterocycles. The first-order valence-corrected chi connectivity index (χ1v) is 13.7. The van der Waals surface area contributed by atoms with Gasteiger partial charge in [0.1, 0.15) is 11.5 Å². The van der Waals surface area contributed by atoms with Gasteiger partial charge in [-0.05, 0) is 47.2 Å². The van der Waals surface area contributed by atoms with Crippen molar-refractivity contribution in [1.82, 2.24) is 9.80 Å². The van der Waals surface area contributed by atoms with Crippen molar-refractivity contribution in [3.63, 3.8) is 0 Å². The van der Waals surface area contributed by atoms with Crippen molar-refractivity contribution in [1.29, 1.82) is 0 Å². The first-order chi connectivity index (χ1) is 18.8. The second-order valence-electron chi connectivity index (χ2n) is 10.9. The van der Waals surface area contributed by atoms with Crippen molar-refractivity contribution in [2.45, 2.75) is 39.2 Å². The number of fused-ring (bicyclic) bond motifs is 1. The lowest BCUT2D eigenvalue weighted by Crippen LogP contribution is -2.48. The van der Waals surface area contributed by atoms with E-state index in [0.29, 0.717) is 30.4 Å². The minimum Gasteiger partial charge on any atom is -0.482 e. The first kappa shape index (κ1) is 26.8. The molecule has 39 heavy (non-hydrogen) atoms. The van der Waals surface area contributed by atoms with E-state index in [1.807, 2.05) is 35.2 Å². The fourth-order valence-corrected chi connectivity index (χ4v) is 4.93. The number of rotatable bonds is 8. The van der Waals surface area contributed by atoms with Crippen LogP contribution in [0.4, 0.5) is 5.69 Å². The maximum Gasteiger partial charge on any atom is 0.289 e. The molecule has 2 amide bonds. The monoisotopic (exact) mass is 527 g/mol. The quantitative estimate of drug-likeness (QED) is 0.394. The van der Waals surface area contributed by atoms with E-state index in [0.717, 1.165) is 37.3 Å². The summed E-state index contributed by atoms with van der Waals surface area (Å²) in [6.07, 6.45) is 5.27. The van der Waals surface area contributed by atoms with E-state index in [-0.39, 0.29) is 30.4 Å². The molecule has 0 unspecified atom stereocenters. The zero-order chi connectivity index (χ0) is 27.4. The number of hydrogen-bond donors (Lipinski definition) is 0. The van der Waals surface area contributed by atoms with Crippen LogP contribution in [0, 0.1) is 0 Å². The SMILES string of the molecule is CCC(C)(C)c1ccc2c(c1)N(Cc1ccc(C(=O)N3CCN(C/C=C/c4ccccc4)CC3)o1)C(=O)CO2. The Morgan fingerprint density at radius 1 is 1.00 bits per heavy atom. The number of benzene rings is 2. The molecule has 7 heteroatoms. The Kier molecular flexibility index (Phi) is 7.89. The molecule has 7 nitrogen and oxygen atoms in total. The van der Waals surface area contributed by atoms with E-state index in [1.54, 1.807) is 17.0 Å². The molecule has 0 saturated carbocycles. The van der Waals surface area contributed by atoms with Crippen LogP contribution >= 0.6 is 0 Å². The van der Waals surface area contributed by atoms with Crippen molar-refractivity contribution in [3.8, 4) is 5.75 Å². The van der Waals surface area contributed by atoms with Crippen LogP contribution in [0.15, 0.2) is 71.2 Å². The van der Waals surface area contributed by atoms with Gasteiger partial charge in [-0.1, -0.05) is 69.3 Å². The third kappa shape index (κ3) is 6.09. The lowest BCUT2D eigenvalue weighted by atomic mass is 9.82. The molecule has 3 aromatic rings. The standard InChI is InChI=1S/C32H37N3O4/c1-4-32(2,3)25-12-14-28-27(21-25)35(30(36)23-38-28)22-26-13-15-29(39-26)31(37)34-19-17-33(18-20-34)16-8-11-24-9-6-5-7-10-24/h5-15,21H,4,16-20,22-23H2,1-3H3/b11-8+. The van der Waals surface area contributed by atoms with Gasteiger partial charge < -0.3 is 14.1 Å². The summed E-state index contributed by atoms with van der Waals surface area (Å²) in [5.74, 6) is 1.33. The molecule has 2 aliphatic heterocycles. The van der Waals surface area contributed by atoms with E-state index in [9.17, 15) is 9.59 Å². The van der Waals surface area contributed by atoms with Crippen LogP contribution in [-0.4, -0.2) is 60.9 Å². The lowest BCUT2D eigenvalue weighted by molar-refractivity contribution is -0.121. The summed E-state index contributed by atoms with van der Waals surface area (Å²) >= 11 is 0. The molecule has 2 aromatic carbocycles. The average molecular weight is 528 g/mol. The summed E-state index contributed by atoms with van der Waals surface area (Å²) in [5.41, 5.74) is 3.06. The Hall–Kier alpha value is -3.84. The Bertz CT molecular complexity index is 1340. The summed E-state index contributed by atoms with van der Waals surface area (Å²) in [6.45, 7) is 10.6. The number of piperazine rings is 1. The van der Waals surface area contributed by atoms with Gasteiger partial charge in [0, 0.05) is 32.7 Å². The van der Waals surface area contributed by atoms with E-state index in [1.165, 1.54) is 5.56 Å². The van der Waals surface area contributed by atoms with Crippen molar-refractivity contribution in [2.75, 3.05) is 44.2 Å². The number of nitrogens with zero attached hydrogens (tertiary/aromatic N) is 3. The topological polar surface area (TPSA) is 66.2 Å². The normalized spacial score (nSPS) is 16.4. The fraction of sp³-hybridized carbons (Fsp3) is 0.375. The number of hydrogen-bond acceptors (Lipinski definition) is 5. The van der Waals surface area contributed by atoms with Gasteiger partial charge in [-0.3, -0.25) is 19.4 Å². The molecule has 0 spiro atoms. The maximum absolute atomic E-state index is 13.2. The number of furan rings is 1. The van der Waals surface area contributed by atoms with Crippen LogP contribution in [0.5, 0.6) is 5.75 Å². The molecule has 0 aliphatic carbocycles. The summed E-state index contributed by atoms with van der Waals surface area (Å²) in [5, 5.41) is 0. The van der Waals surface area contributed by atoms with Gasteiger partial charge in [0.05, 0.1) is 12.2 Å². The Labute approximate surface area is 230 Å². The van der Waals surface area contributed by atoms with Crippen molar-refractivity contribution in [2.24, 2.45) is 0 Å². The molecule has 1 fully saturated rings. The maximum atomic E-state index is 13.2. The minimum absolute atomic E-state index is 0.0131. The third-order valence-electron chi connectivity index (χ3n) is 7.89. The highest BCUT2D eigenvalue weighted by Gasteiger charge is 2.30. The summed E-state index contributed by atoms with van der Waals surface area (Å²) in [4.78, 5) is 31.9. The minimum atomic E-state index is -0.129. The molecule has 5 rings (SSSR count). The molecule has 0 atom stereocenters. The molecule has 0 bridgehead atoms. The second-order valence-corrected chi connectivity index (χ2v) is 10.9. The number of anilines is 1. The Balaban J connectivity index is 1.20. The smallest absolute Gasteiger partial charge is 0.289 e. The van der Waals surface area contributed by atoms with E-state index in [2.05, 4.69) is 56.0 Å². The summed E-state index contributed by atoms with van der Waals surface area (Å²) in [7, 11) is 0. The number of carbonyl (C=O) groups is 2. The summed E-state index contributed by atoms with van der Waals surface area (Å²) < 4.78 is 11.7. The van der Waals surface area contributed by atoms with Crippen LogP contribution in [0.2, 0.25) is 0 Å². The second kappa shape index (κ2) is 11.5. The largest absolute Gasteiger partial charge is 0.482 e. The van der Waals surface area contributed by atoms with Gasteiger partial charge in [-0.15, -0.1) is 0 Å². The molecule has 3 heterocycles. The number of ether oxygens (including phenoxy) is 1. The van der Waals surface area contributed by atoms with Gasteiger partial charge in [-0.25, -0.2) is 0 Å². The first-order valence-electron chi connectivity index (χ1n) is 13.7.